The first-order chi connectivity index (χ1) is 11.5. The zero-order valence-electron chi connectivity index (χ0n) is 14.9. The van der Waals surface area contributed by atoms with Gasteiger partial charge in [-0.25, -0.2) is 0 Å². The summed E-state index contributed by atoms with van der Waals surface area (Å²) in [5, 5.41) is 5.11. The van der Waals surface area contributed by atoms with Crippen LogP contribution in [0.4, 0.5) is 5.69 Å². The first kappa shape index (κ1) is 15.3. The van der Waals surface area contributed by atoms with Crippen molar-refractivity contribution in [3.05, 3.63) is 64.3 Å². The van der Waals surface area contributed by atoms with Crippen LogP contribution in [0.5, 0.6) is 0 Å². The molecule has 0 amide bonds. The highest BCUT2D eigenvalue weighted by molar-refractivity contribution is 5.89. The minimum Gasteiger partial charge on any atom is -0.378 e. The van der Waals surface area contributed by atoms with Gasteiger partial charge in [0.25, 0.3) is 0 Å². The Morgan fingerprint density at radius 2 is 1.79 bits per heavy atom. The van der Waals surface area contributed by atoms with E-state index in [0.717, 1.165) is 13.0 Å². The Kier molecular flexibility index (Phi) is 3.61. The molecule has 0 spiro atoms. The topological polar surface area (TPSA) is 31.1 Å². The minimum atomic E-state index is 0.247. The largest absolute Gasteiger partial charge is 0.378 e. The number of H-pyrrole nitrogens is 1. The Balaban J connectivity index is 1.82. The molecule has 3 nitrogen and oxygen atoms in total. The molecule has 3 heteroatoms. The average molecular weight is 319 g/mol. The maximum Gasteiger partial charge on any atom is 0.0732 e. The second-order valence-electron chi connectivity index (χ2n) is 7.14. The van der Waals surface area contributed by atoms with E-state index in [4.69, 9.17) is 0 Å². The van der Waals surface area contributed by atoms with E-state index in [-0.39, 0.29) is 6.04 Å². The molecule has 2 aromatic carbocycles. The fourth-order valence-electron chi connectivity index (χ4n) is 4.02. The first-order valence-electron chi connectivity index (χ1n) is 8.67. The Labute approximate surface area is 143 Å². The Morgan fingerprint density at radius 1 is 1.04 bits per heavy atom. The predicted molar refractivity (Wildman–Crippen MR) is 102 cm³/mol. The van der Waals surface area contributed by atoms with E-state index in [1.165, 1.54) is 44.5 Å². The summed E-state index contributed by atoms with van der Waals surface area (Å²) in [6.45, 7) is 5.42. The summed E-state index contributed by atoms with van der Waals surface area (Å²) in [7, 11) is 4.16. The summed E-state index contributed by atoms with van der Waals surface area (Å²) in [5.41, 5.74) is 9.35. The molecule has 0 aliphatic carbocycles. The lowest BCUT2D eigenvalue weighted by Crippen LogP contribution is -2.30. The monoisotopic (exact) mass is 319 g/mol. The smallest absolute Gasteiger partial charge is 0.0732 e. The van der Waals surface area contributed by atoms with Crippen molar-refractivity contribution in [2.45, 2.75) is 26.3 Å². The number of fused-ring (bicyclic) bond motifs is 3. The molecular formula is C21H25N3. The number of aryl methyl sites for hydroxylation is 2. The van der Waals surface area contributed by atoms with Crippen molar-refractivity contribution in [1.82, 2.24) is 10.3 Å². The molecule has 1 unspecified atom stereocenters. The maximum atomic E-state index is 3.71. The van der Waals surface area contributed by atoms with Gasteiger partial charge in [-0.15, -0.1) is 0 Å². The van der Waals surface area contributed by atoms with Gasteiger partial charge in [0.1, 0.15) is 0 Å². The quantitative estimate of drug-likeness (QED) is 0.745. The van der Waals surface area contributed by atoms with E-state index in [1.54, 1.807) is 0 Å². The highest BCUT2D eigenvalue weighted by atomic mass is 15.1. The van der Waals surface area contributed by atoms with Crippen LogP contribution in [0, 0.1) is 13.8 Å². The molecule has 124 valence electrons. The zero-order chi connectivity index (χ0) is 16.8. The van der Waals surface area contributed by atoms with Crippen LogP contribution >= 0.6 is 0 Å². The number of nitrogens with one attached hydrogen (secondary N) is 2. The molecule has 0 saturated carbocycles. The Morgan fingerprint density at radius 3 is 2.50 bits per heavy atom. The van der Waals surface area contributed by atoms with E-state index in [9.17, 15) is 0 Å². The summed E-state index contributed by atoms with van der Waals surface area (Å²) in [5.74, 6) is 0. The van der Waals surface area contributed by atoms with Crippen LogP contribution in [-0.4, -0.2) is 25.6 Å². The second kappa shape index (κ2) is 5.67. The number of benzene rings is 2. The molecular weight excluding hydrogens is 294 g/mol. The Hall–Kier alpha value is -2.26. The SMILES string of the molecule is Cc1cc(C)c2c3c([nH]c2c1)C(c1ccc(N(C)C)cc1)NCC3. The number of aromatic nitrogens is 1. The van der Waals surface area contributed by atoms with Crippen molar-refractivity contribution in [2.75, 3.05) is 25.5 Å². The van der Waals surface area contributed by atoms with E-state index >= 15 is 0 Å². The van der Waals surface area contributed by atoms with E-state index in [0.29, 0.717) is 0 Å². The van der Waals surface area contributed by atoms with Gasteiger partial charge in [0, 0.05) is 42.9 Å². The summed E-state index contributed by atoms with van der Waals surface area (Å²) in [4.78, 5) is 5.85. The van der Waals surface area contributed by atoms with Crippen molar-refractivity contribution in [2.24, 2.45) is 0 Å². The number of nitrogens with zero attached hydrogens (tertiary/aromatic N) is 1. The number of rotatable bonds is 2. The predicted octanol–water partition coefficient (Wildman–Crippen LogP) is 4.09. The third-order valence-electron chi connectivity index (χ3n) is 5.13. The molecule has 1 aliphatic rings. The van der Waals surface area contributed by atoms with Crippen LogP contribution in [0.25, 0.3) is 10.9 Å². The standard InChI is InChI=1S/C21H25N3/c1-13-11-14(2)19-17-9-10-22-20(21(17)23-18(19)12-13)15-5-7-16(8-6-15)24(3)4/h5-8,11-12,20,22-23H,9-10H2,1-4H3. The number of aromatic amines is 1. The van der Waals surface area contributed by atoms with Crippen molar-refractivity contribution in [1.29, 1.82) is 0 Å². The molecule has 0 radical (unpaired) electrons. The lowest BCUT2D eigenvalue weighted by molar-refractivity contribution is 0.560. The van der Waals surface area contributed by atoms with Crippen molar-refractivity contribution < 1.29 is 0 Å². The molecule has 0 fully saturated rings. The van der Waals surface area contributed by atoms with Gasteiger partial charge in [0.2, 0.25) is 0 Å². The van der Waals surface area contributed by atoms with Crippen molar-refractivity contribution in [3.8, 4) is 0 Å². The van der Waals surface area contributed by atoms with Crippen molar-refractivity contribution >= 4 is 16.6 Å². The van der Waals surface area contributed by atoms with Gasteiger partial charge in [0.05, 0.1) is 6.04 Å². The van der Waals surface area contributed by atoms with Crippen LogP contribution in [0.2, 0.25) is 0 Å². The van der Waals surface area contributed by atoms with Gasteiger partial charge in [-0.2, -0.15) is 0 Å². The molecule has 3 aromatic rings. The molecule has 0 bridgehead atoms. The number of hydrogen-bond acceptors (Lipinski definition) is 2. The maximum absolute atomic E-state index is 3.71. The number of hydrogen-bond donors (Lipinski definition) is 2. The van der Waals surface area contributed by atoms with Crippen LogP contribution in [0.1, 0.15) is 34.0 Å². The summed E-state index contributed by atoms with van der Waals surface area (Å²) in [6, 6.07) is 13.7. The summed E-state index contributed by atoms with van der Waals surface area (Å²) < 4.78 is 0. The van der Waals surface area contributed by atoms with E-state index in [1.807, 2.05) is 0 Å². The third kappa shape index (κ3) is 2.40. The molecule has 2 heterocycles. The lowest BCUT2D eigenvalue weighted by atomic mass is 9.93. The fourth-order valence-corrected chi connectivity index (χ4v) is 4.02. The van der Waals surface area contributed by atoms with Crippen LogP contribution in [0.15, 0.2) is 36.4 Å². The van der Waals surface area contributed by atoms with Crippen LogP contribution < -0.4 is 10.2 Å². The van der Waals surface area contributed by atoms with Crippen LogP contribution in [0.3, 0.4) is 0 Å². The van der Waals surface area contributed by atoms with Gasteiger partial charge < -0.3 is 15.2 Å². The highest BCUT2D eigenvalue weighted by Crippen LogP contribution is 2.35. The summed E-state index contributed by atoms with van der Waals surface area (Å²) in [6.07, 6.45) is 1.09. The van der Waals surface area contributed by atoms with E-state index in [2.05, 4.69) is 79.5 Å². The van der Waals surface area contributed by atoms with E-state index < -0.39 is 0 Å². The zero-order valence-corrected chi connectivity index (χ0v) is 14.9. The molecule has 0 saturated heterocycles. The Bertz CT molecular complexity index is 888. The average Bonchev–Trinajstić information content (AvgIpc) is 2.93. The molecule has 4 rings (SSSR count). The minimum absolute atomic E-state index is 0.247. The second-order valence-corrected chi connectivity index (χ2v) is 7.14. The van der Waals surface area contributed by atoms with Gasteiger partial charge in [-0.05, 0) is 60.7 Å². The lowest BCUT2D eigenvalue weighted by Gasteiger charge is -2.25. The highest BCUT2D eigenvalue weighted by Gasteiger charge is 2.25. The third-order valence-corrected chi connectivity index (χ3v) is 5.13. The summed E-state index contributed by atoms with van der Waals surface area (Å²) >= 11 is 0. The first-order valence-corrected chi connectivity index (χ1v) is 8.67. The van der Waals surface area contributed by atoms with Crippen molar-refractivity contribution in [3.63, 3.8) is 0 Å². The number of anilines is 1. The van der Waals surface area contributed by atoms with Gasteiger partial charge >= 0.3 is 0 Å². The molecule has 24 heavy (non-hydrogen) atoms. The van der Waals surface area contributed by atoms with Gasteiger partial charge in [0.15, 0.2) is 0 Å². The normalized spacial score (nSPS) is 17.1. The molecule has 1 aliphatic heterocycles. The molecule has 1 aromatic heterocycles. The molecule has 1 atom stereocenters. The molecule has 2 N–H and O–H groups in total. The van der Waals surface area contributed by atoms with Crippen LogP contribution in [-0.2, 0) is 6.42 Å². The van der Waals surface area contributed by atoms with Gasteiger partial charge in [-0.3, -0.25) is 0 Å². The van der Waals surface area contributed by atoms with Gasteiger partial charge in [-0.1, -0.05) is 18.2 Å². The fraction of sp³-hybridized carbons (Fsp3) is 0.333.